The van der Waals surface area contributed by atoms with Gasteiger partial charge in [0.05, 0.1) is 13.2 Å². The molecule has 2 rings (SSSR count). The van der Waals surface area contributed by atoms with Crippen LogP contribution in [0, 0.1) is 0 Å². The number of hydrogen-bond acceptors (Lipinski definition) is 3. The molecule has 15 heavy (non-hydrogen) atoms. The average molecular weight is 208 g/mol. The van der Waals surface area contributed by atoms with Gasteiger partial charge in [0.25, 0.3) is 0 Å². The van der Waals surface area contributed by atoms with Crippen molar-refractivity contribution in [3.63, 3.8) is 0 Å². The van der Waals surface area contributed by atoms with Gasteiger partial charge in [0.2, 0.25) is 0 Å². The number of hydrogen-bond donors (Lipinski definition) is 1. The molecule has 0 aliphatic carbocycles. The topological polar surface area (TPSA) is 38.7 Å². The first-order valence-corrected chi connectivity index (χ1v) is 5.25. The third-order valence-corrected chi connectivity index (χ3v) is 2.74. The van der Waals surface area contributed by atoms with Crippen LogP contribution in [-0.4, -0.2) is 24.9 Å². The van der Waals surface area contributed by atoms with Crippen LogP contribution in [0.2, 0.25) is 0 Å². The lowest BCUT2D eigenvalue weighted by molar-refractivity contribution is -0.0758. The minimum absolute atomic E-state index is 0.176. The monoisotopic (exact) mass is 208 g/mol. The Balaban J connectivity index is 2.13. The molecule has 0 unspecified atom stereocenters. The maximum atomic E-state index is 9.79. The molecule has 0 amide bonds. The second kappa shape index (κ2) is 4.64. The highest BCUT2D eigenvalue weighted by molar-refractivity contribution is 5.29. The number of benzene rings is 1. The molecule has 3 heteroatoms. The smallest absolute Gasteiger partial charge is 0.118 e. The fourth-order valence-electron chi connectivity index (χ4n) is 1.88. The Morgan fingerprint density at radius 1 is 1.33 bits per heavy atom. The number of aliphatic hydroxyl groups excluding tert-OH is 1. The summed E-state index contributed by atoms with van der Waals surface area (Å²) in [5.74, 6) is 0.823. The molecular formula is C12H16O3. The van der Waals surface area contributed by atoms with Crippen molar-refractivity contribution in [3.05, 3.63) is 29.8 Å². The molecule has 0 bridgehead atoms. The Labute approximate surface area is 89.6 Å². The largest absolute Gasteiger partial charge is 0.497 e. The second-order valence-corrected chi connectivity index (χ2v) is 3.77. The van der Waals surface area contributed by atoms with Crippen molar-refractivity contribution in [2.75, 3.05) is 13.7 Å². The third kappa shape index (κ3) is 2.30. The van der Waals surface area contributed by atoms with Crippen molar-refractivity contribution in [1.29, 1.82) is 0 Å². The second-order valence-electron chi connectivity index (χ2n) is 3.77. The Kier molecular flexibility index (Phi) is 3.23. The zero-order valence-corrected chi connectivity index (χ0v) is 8.85. The molecule has 1 saturated heterocycles. The molecule has 3 nitrogen and oxygen atoms in total. The third-order valence-electron chi connectivity index (χ3n) is 2.74. The molecule has 1 fully saturated rings. The summed E-state index contributed by atoms with van der Waals surface area (Å²) >= 11 is 0. The normalized spacial score (nSPS) is 26.3. The van der Waals surface area contributed by atoms with E-state index in [9.17, 15) is 5.11 Å². The van der Waals surface area contributed by atoms with Crippen molar-refractivity contribution in [1.82, 2.24) is 0 Å². The van der Waals surface area contributed by atoms with Crippen LogP contribution in [0.5, 0.6) is 5.75 Å². The number of aliphatic hydroxyl groups is 1. The van der Waals surface area contributed by atoms with Gasteiger partial charge in [0.15, 0.2) is 0 Å². The molecule has 1 aromatic carbocycles. The molecule has 0 spiro atoms. The van der Waals surface area contributed by atoms with Gasteiger partial charge in [0.1, 0.15) is 11.9 Å². The maximum Gasteiger partial charge on any atom is 0.118 e. The van der Waals surface area contributed by atoms with Crippen LogP contribution in [0.1, 0.15) is 24.5 Å². The van der Waals surface area contributed by atoms with E-state index < -0.39 is 0 Å². The summed E-state index contributed by atoms with van der Waals surface area (Å²) in [6.07, 6.45) is 1.20. The van der Waals surface area contributed by atoms with Crippen LogP contribution >= 0.6 is 0 Å². The van der Waals surface area contributed by atoms with E-state index in [4.69, 9.17) is 9.47 Å². The summed E-state index contributed by atoms with van der Waals surface area (Å²) in [5, 5.41) is 9.79. The number of ether oxygens (including phenoxy) is 2. The highest BCUT2D eigenvalue weighted by Crippen LogP contribution is 2.29. The fourth-order valence-corrected chi connectivity index (χ4v) is 1.88. The van der Waals surface area contributed by atoms with Crippen LogP contribution in [0.25, 0.3) is 0 Å². The van der Waals surface area contributed by atoms with Gasteiger partial charge in [0, 0.05) is 6.61 Å². The molecule has 0 saturated carbocycles. The Morgan fingerprint density at radius 2 is 2.07 bits per heavy atom. The van der Waals surface area contributed by atoms with E-state index >= 15 is 0 Å². The Morgan fingerprint density at radius 3 is 2.67 bits per heavy atom. The Hall–Kier alpha value is -1.06. The number of methoxy groups -OCH3 is 1. The van der Waals surface area contributed by atoms with Gasteiger partial charge < -0.3 is 14.6 Å². The van der Waals surface area contributed by atoms with Gasteiger partial charge in [-0.25, -0.2) is 0 Å². The Bertz CT molecular complexity index is 307. The highest BCUT2D eigenvalue weighted by Gasteiger charge is 2.25. The molecular weight excluding hydrogens is 192 g/mol. The zero-order chi connectivity index (χ0) is 10.7. The van der Waals surface area contributed by atoms with Gasteiger partial charge in [-0.1, -0.05) is 12.1 Å². The van der Waals surface area contributed by atoms with Gasteiger partial charge in [-0.15, -0.1) is 0 Å². The van der Waals surface area contributed by atoms with E-state index in [1.165, 1.54) is 0 Å². The lowest BCUT2D eigenvalue weighted by Crippen LogP contribution is -2.26. The minimum atomic E-state index is -0.382. The van der Waals surface area contributed by atoms with E-state index in [0.29, 0.717) is 0 Å². The fraction of sp³-hybridized carbons (Fsp3) is 0.500. The molecule has 1 N–H and O–H groups in total. The zero-order valence-electron chi connectivity index (χ0n) is 8.85. The summed E-state index contributed by atoms with van der Waals surface area (Å²) in [7, 11) is 1.64. The van der Waals surface area contributed by atoms with Crippen LogP contribution in [0.15, 0.2) is 24.3 Å². The SMILES string of the molecule is COc1ccc([C@H]2OCCC[C@@H]2O)cc1. The van der Waals surface area contributed by atoms with Crippen molar-refractivity contribution in [2.24, 2.45) is 0 Å². The van der Waals surface area contributed by atoms with Crippen LogP contribution < -0.4 is 4.74 Å². The standard InChI is InChI=1S/C12H16O3/c1-14-10-6-4-9(5-7-10)12-11(13)3-2-8-15-12/h4-7,11-13H,2-3,8H2,1H3/t11-,12+/m0/s1. The van der Waals surface area contributed by atoms with E-state index in [0.717, 1.165) is 30.8 Å². The first-order valence-electron chi connectivity index (χ1n) is 5.25. The van der Waals surface area contributed by atoms with Gasteiger partial charge in [-0.05, 0) is 30.5 Å². The van der Waals surface area contributed by atoms with E-state index in [2.05, 4.69) is 0 Å². The van der Waals surface area contributed by atoms with Gasteiger partial charge in [-0.2, -0.15) is 0 Å². The molecule has 2 atom stereocenters. The van der Waals surface area contributed by atoms with E-state index in [1.54, 1.807) is 7.11 Å². The van der Waals surface area contributed by atoms with Crippen molar-refractivity contribution >= 4 is 0 Å². The molecule has 1 aliphatic heterocycles. The predicted octanol–water partition coefficient (Wildman–Crippen LogP) is 1.91. The lowest BCUT2D eigenvalue weighted by atomic mass is 9.98. The average Bonchev–Trinajstić information content (AvgIpc) is 2.30. The minimum Gasteiger partial charge on any atom is -0.497 e. The van der Waals surface area contributed by atoms with Crippen LogP contribution in [-0.2, 0) is 4.74 Å². The summed E-state index contributed by atoms with van der Waals surface area (Å²) in [6, 6.07) is 7.66. The quantitative estimate of drug-likeness (QED) is 0.806. The van der Waals surface area contributed by atoms with Crippen LogP contribution in [0.4, 0.5) is 0 Å². The van der Waals surface area contributed by atoms with Gasteiger partial charge in [-0.3, -0.25) is 0 Å². The van der Waals surface area contributed by atoms with Gasteiger partial charge >= 0.3 is 0 Å². The lowest BCUT2D eigenvalue weighted by Gasteiger charge is -2.28. The van der Waals surface area contributed by atoms with Crippen molar-refractivity contribution in [3.8, 4) is 5.75 Å². The molecule has 1 aromatic rings. The first kappa shape index (κ1) is 10.5. The van der Waals surface area contributed by atoms with Crippen LogP contribution in [0.3, 0.4) is 0 Å². The highest BCUT2D eigenvalue weighted by atomic mass is 16.5. The first-order chi connectivity index (χ1) is 7.31. The predicted molar refractivity (Wildman–Crippen MR) is 56.9 cm³/mol. The molecule has 0 aromatic heterocycles. The van der Waals surface area contributed by atoms with E-state index in [1.807, 2.05) is 24.3 Å². The summed E-state index contributed by atoms with van der Waals surface area (Å²) in [4.78, 5) is 0. The summed E-state index contributed by atoms with van der Waals surface area (Å²) < 4.78 is 10.6. The van der Waals surface area contributed by atoms with E-state index in [-0.39, 0.29) is 12.2 Å². The van der Waals surface area contributed by atoms with Crippen molar-refractivity contribution in [2.45, 2.75) is 25.0 Å². The molecule has 1 aliphatic rings. The maximum absolute atomic E-state index is 9.79. The summed E-state index contributed by atoms with van der Waals surface area (Å²) in [6.45, 7) is 0.730. The van der Waals surface area contributed by atoms with Crippen molar-refractivity contribution < 1.29 is 14.6 Å². The number of rotatable bonds is 2. The summed E-state index contributed by atoms with van der Waals surface area (Å²) in [5.41, 5.74) is 1.02. The molecule has 0 radical (unpaired) electrons. The molecule has 82 valence electrons. The molecule has 1 heterocycles.